The Morgan fingerprint density at radius 1 is 0.920 bits per heavy atom. The number of carboxylic acids is 1. The van der Waals surface area contributed by atoms with Crippen LogP contribution in [0.5, 0.6) is 0 Å². The Balaban J connectivity index is 3.71. The molecule has 3 amide bonds. The van der Waals surface area contributed by atoms with Crippen molar-refractivity contribution in [2.45, 2.75) is 90.0 Å². The maximum atomic E-state index is 11.8. The normalized spacial score (nSPS) is 11.7. The van der Waals surface area contributed by atoms with Crippen molar-refractivity contribution in [2.24, 2.45) is 5.73 Å². The van der Waals surface area contributed by atoms with Gasteiger partial charge in [-0.05, 0) is 19.3 Å². The fourth-order valence-corrected chi connectivity index (χ4v) is 2.64. The second kappa shape index (κ2) is 15.7. The Hall–Kier alpha value is -1.79. The summed E-state index contributed by atoms with van der Waals surface area (Å²) in [4.78, 5) is 33.5. The summed E-state index contributed by atoms with van der Waals surface area (Å²) in [6, 6.07) is -1.55. The fraction of sp³-hybridized carbons (Fsp3) is 0.833. The summed E-state index contributed by atoms with van der Waals surface area (Å²) in [6.45, 7) is 2.51. The first-order chi connectivity index (χ1) is 12.0. The van der Waals surface area contributed by atoms with E-state index in [0.717, 1.165) is 19.3 Å². The van der Waals surface area contributed by atoms with Gasteiger partial charge < -0.3 is 21.5 Å². The number of amides is 3. The van der Waals surface area contributed by atoms with Crippen molar-refractivity contribution in [1.82, 2.24) is 10.6 Å². The molecule has 0 saturated carbocycles. The molecule has 0 aliphatic carbocycles. The predicted octanol–water partition coefficient (Wildman–Crippen LogP) is 2.93. The minimum absolute atomic E-state index is 0.224. The lowest BCUT2D eigenvalue weighted by Gasteiger charge is -2.14. The molecule has 5 N–H and O–H groups in total. The van der Waals surface area contributed by atoms with Crippen molar-refractivity contribution in [2.75, 3.05) is 6.54 Å². The Morgan fingerprint density at radius 2 is 1.48 bits per heavy atom. The summed E-state index contributed by atoms with van der Waals surface area (Å²) >= 11 is 0. The number of hydrogen-bond donors (Lipinski definition) is 4. The molecule has 1 atom stereocenters. The third-order valence-corrected chi connectivity index (χ3v) is 4.11. The zero-order chi connectivity index (χ0) is 18.9. The van der Waals surface area contributed by atoms with E-state index in [4.69, 9.17) is 10.8 Å². The predicted molar refractivity (Wildman–Crippen MR) is 98.2 cm³/mol. The van der Waals surface area contributed by atoms with Gasteiger partial charge in [0.25, 0.3) is 0 Å². The van der Waals surface area contributed by atoms with E-state index in [9.17, 15) is 14.4 Å². The number of nitrogens with two attached hydrogens (primary N) is 1. The van der Waals surface area contributed by atoms with Gasteiger partial charge >= 0.3 is 12.0 Å². The van der Waals surface area contributed by atoms with E-state index in [0.29, 0.717) is 19.4 Å². The van der Waals surface area contributed by atoms with E-state index in [1.807, 2.05) is 0 Å². The number of unbranched alkanes of at least 4 members (excludes halogenated alkanes) is 8. The molecule has 0 aromatic carbocycles. The van der Waals surface area contributed by atoms with Crippen LogP contribution in [0, 0.1) is 0 Å². The first-order valence-electron chi connectivity index (χ1n) is 9.52. The first-order valence-corrected chi connectivity index (χ1v) is 9.52. The highest BCUT2D eigenvalue weighted by Gasteiger charge is 2.19. The summed E-state index contributed by atoms with van der Waals surface area (Å²) < 4.78 is 0. The van der Waals surface area contributed by atoms with E-state index in [1.165, 1.54) is 38.5 Å². The Kier molecular flexibility index (Phi) is 14.6. The lowest BCUT2D eigenvalue weighted by molar-refractivity contribution is -0.142. The standard InChI is InChI=1S/C18H35N3O4/c1-2-3-4-5-6-7-8-9-10-13-16(22)21-15(17(23)24)12-11-14-20-18(19)25/h15H,2-14H2,1H3,(H,21,22)(H,23,24)(H3,19,20,25)/t15-/m0/s1. The van der Waals surface area contributed by atoms with Gasteiger partial charge in [0, 0.05) is 13.0 Å². The Labute approximate surface area is 151 Å². The topological polar surface area (TPSA) is 122 Å². The molecule has 0 aromatic rings. The van der Waals surface area contributed by atoms with Crippen LogP contribution >= 0.6 is 0 Å². The zero-order valence-corrected chi connectivity index (χ0v) is 15.5. The molecular weight excluding hydrogens is 322 g/mol. The van der Waals surface area contributed by atoms with Crippen LogP contribution in [0.25, 0.3) is 0 Å². The quantitative estimate of drug-likeness (QED) is 0.317. The molecule has 7 heteroatoms. The smallest absolute Gasteiger partial charge is 0.326 e. The molecule has 0 radical (unpaired) electrons. The van der Waals surface area contributed by atoms with Gasteiger partial charge in [0.2, 0.25) is 5.91 Å². The van der Waals surface area contributed by atoms with Crippen molar-refractivity contribution >= 4 is 17.9 Å². The van der Waals surface area contributed by atoms with E-state index in [1.54, 1.807) is 0 Å². The summed E-state index contributed by atoms with van der Waals surface area (Å²) in [5.74, 6) is -1.28. The molecule has 0 saturated heterocycles. The molecular formula is C18H35N3O4. The van der Waals surface area contributed by atoms with Crippen LogP contribution in [0.3, 0.4) is 0 Å². The number of urea groups is 1. The van der Waals surface area contributed by atoms with Gasteiger partial charge in [-0.2, -0.15) is 0 Å². The number of hydrogen-bond acceptors (Lipinski definition) is 3. The average Bonchev–Trinajstić information content (AvgIpc) is 2.55. The molecule has 0 aliphatic heterocycles. The lowest BCUT2D eigenvalue weighted by atomic mass is 10.1. The molecule has 0 spiro atoms. The van der Waals surface area contributed by atoms with Crippen molar-refractivity contribution in [3.05, 3.63) is 0 Å². The maximum Gasteiger partial charge on any atom is 0.326 e. The molecule has 7 nitrogen and oxygen atoms in total. The summed E-state index contributed by atoms with van der Waals surface area (Å²) in [5, 5.41) is 14.1. The van der Waals surface area contributed by atoms with Crippen LogP contribution < -0.4 is 16.4 Å². The molecule has 25 heavy (non-hydrogen) atoms. The van der Waals surface area contributed by atoms with Crippen LogP contribution in [0.4, 0.5) is 4.79 Å². The maximum absolute atomic E-state index is 11.8. The van der Waals surface area contributed by atoms with Crippen LogP contribution in [0.2, 0.25) is 0 Å². The highest BCUT2D eigenvalue weighted by molar-refractivity contribution is 5.83. The highest BCUT2D eigenvalue weighted by Crippen LogP contribution is 2.10. The third-order valence-electron chi connectivity index (χ3n) is 4.11. The minimum Gasteiger partial charge on any atom is -0.480 e. The molecule has 0 heterocycles. The summed E-state index contributed by atoms with van der Waals surface area (Å²) in [5.41, 5.74) is 4.93. The molecule has 146 valence electrons. The van der Waals surface area contributed by atoms with Crippen molar-refractivity contribution < 1.29 is 19.5 Å². The second-order valence-electron chi connectivity index (χ2n) is 6.47. The van der Waals surface area contributed by atoms with Crippen molar-refractivity contribution in [1.29, 1.82) is 0 Å². The Morgan fingerprint density at radius 3 is 2.00 bits per heavy atom. The molecule has 0 bridgehead atoms. The van der Waals surface area contributed by atoms with Crippen LogP contribution in [-0.2, 0) is 9.59 Å². The van der Waals surface area contributed by atoms with Gasteiger partial charge in [0.1, 0.15) is 6.04 Å². The van der Waals surface area contributed by atoms with Crippen LogP contribution in [-0.4, -0.2) is 35.6 Å². The minimum atomic E-state index is -1.06. The summed E-state index contributed by atoms with van der Waals surface area (Å²) in [6.07, 6.45) is 11.6. The summed E-state index contributed by atoms with van der Waals surface area (Å²) in [7, 11) is 0. The molecule has 0 aromatic heterocycles. The van der Waals surface area contributed by atoms with E-state index in [-0.39, 0.29) is 12.3 Å². The monoisotopic (exact) mass is 357 g/mol. The van der Waals surface area contributed by atoms with Gasteiger partial charge in [-0.25, -0.2) is 9.59 Å². The first kappa shape index (κ1) is 23.2. The molecule has 0 fully saturated rings. The van der Waals surface area contributed by atoms with Crippen molar-refractivity contribution in [3.8, 4) is 0 Å². The second-order valence-corrected chi connectivity index (χ2v) is 6.47. The Bertz CT molecular complexity index is 389. The average molecular weight is 357 g/mol. The molecule has 0 unspecified atom stereocenters. The number of primary amides is 1. The number of rotatable bonds is 16. The van der Waals surface area contributed by atoms with Crippen LogP contribution in [0.1, 0.15) is 84.0 Å². The van der Waals surface area contributed by atoms with E-state index >= 15 is 0 Å². The SMILES string of the molecule is CCCCCCCCCCCC(=O)N[C@@H](CCCNC(N)=O)C(=O)O. The largest absolute Gasteiger partial charge is 0.480 e. The van der Waals surface area contributed by atoms with Gasteiger partial charge in [-0.3, -0.25) is 4.79 Å². The van der Waals surface area contributed by atoms with Gasteiger partial charge in [0.05, 0.1) is 0 Å². The molecule has 0 aliphatic rings. The number of nitrogens with one attached hydrogen (secondary N) is 2. The zero-order valence-electron chi connectivity index (χ0n) is 15.5. The van der Waals surface area contributed by atoms with Gasteiger partial charge in [-0.1, -0.05) is 58.3 Å². The third kappa shape index (κ3) is 15.5. The van der Waals surface area contributed by atoms with E-state index in [2.05, 4.69) is 17.6 Å². The number of carbonyl (C=O) groups excluding carboxylic acids is 2. The van der Waals surface area contributed by atoms with Crippen molar-refractivity contribution in [3.63, 3.8) is 0 Å². The van der Waals surface area contributed by atoms with Crippen LogP contribution in [0.15, 0.2) is 0 Å². The van der Waals surface area contributed by atoms with Gasteiger partial charge in [0.15, 0.2) is 0 Å². The number of carboxylic acid groups (broad SMARTS) is 1. The highest BCUT2D eigenvalue weighted by atomic mass is 16.4. The van der Waals surface area contributed by atoms with Gasteiger partial charge in [-0.15, -0.1) is 0 Å². The number of aliphatic carboxylic acids is 1. The lowest BCUT2D eigenvalue weighted by Crippen LogP contribution is -2.41. The fourth-order valence-electron chi connectivity index (χ4n) is 2.64. The molecule has 0 rings (SSSR count). The number of carbonyl (C=O) groups is 3. The van der Waals surface area contributed by atoms with E-state index < -0.39 is 18.0 Å².